The van der Waals surface area contributed by atoms with E-state index in [4.69, 9.17) is 0 Å². The van der Waals surface area contributed by atoms with Gasteiger partial charge in [-0.05, 0) is 25.6 Å². The van der Waals surface area contributed by atoms with E-state index in [1.54, 1.807) is 6.92 Å². The number of allylic oxidation sites excluding steroid dienone is 2. The Labute approximate surface area is 91.0 Å². The summed E-state index contributed by atoms with van der Waals surface area (Å²) in [6.45, 7) is 6.62. The second-order valence-electron chi connectivity index (χ2n) is 4.37. The van der Waals surface area contributed by atoms with Gasteiger partial charge in [-0.1, -0.05) is 11.6 Å². The van der Waals surface area contributed by atoms with E-state index in [0.29, 0.717) is 6.04 Å². The van der Waals surface area contributed by atoms with E-state index in [0.717, 1.165) is 26.1 Å². The lowest BCUT2D eigenvalue weighted by Gasteiger charge is -2.44. The second kappa shape index (κ2) is 4.09. The molecule has 15 heavy (non-hydrogen) atoms. The van der Waals surface area contributed by atoms with Gasteiger partial charge in [0.1, 0.15) is 0 Å². The van der Waals surface area contributed by atoms with Crippen molar-refractivity contribution in [2.24, 2.45) is 0 Å². The molecule has 1 fully saturated rings. The number of hydrogen-bond acceptors (Lipinski definition) is 2. The molecule has 2 rings (SSSR count). The summed E-state index contributed by atoms with van der Waals surface area (Å²) in [4.78, 5) is 15.3. The van der Waals surface area contributed by atoms with Crippen molar-refractivity contribution in [3.8, 4) is 0 Å². The quantitative estimate of drug-likeness (QED) is 0.647. The highest BCUT2D eigenvalue weighted by Crippen LogP contribution is 2.18. The van der Waals surface area contributed by atoms with E-state index in [9.17, 15) is 4.79 Å². The molecule has 0 radical (unpaired) electrons. The number of nitrogens with zero attached hydrogens (tertiary/aromatic N) is 2. The topological polar surface area (TPSA) is 23.6 Å². The Kier molecular flexibility index (Phi) is 2.80. The van der Waals surface area contributed by atoms with Crippen LogP contribution in [0.2, 0.25) is 0 Å². The van der Waals surface area contributed by atoms with Crippen LogP contribution in [0.15, 0.2) is 23.9 Å². The third kappa shape index (κ3) is 2.22. The summed E-state index contributed by atoms with van der Waals surface area (Å²) in [6.07, 6.45) is 7.69. The van der Waals surface area contributed by atoms with E-state index in [1.165, 1.54) is 5.57 Å². The van der Waals surface area contributed by atoms with E-state index in [2.05, 4.69) is 30.2 Å². The number of rotatable bonds is 1. The van der Waals surface area contributed by atoms with Crippen molar-refractivity contribution in [2.75, 3.05) is 19.6 Å². The molecule has 0 N–H and O–H groups in total. The van der Waals surface area contributed by atoms with Gasteiger partial charge in [0, 0.05) is 26.6 Å². The highest BCUT2D eigenvalue weighted by atomic mass is 16.2. The van der Waals surface area contributed by atoms with E-state index in [-0.39, 0.29) is 5.91 Å². The van der Waals surface area contributed by atoms with Crippen molar-refractivity contribution in [3.05, 3.63) is 23.9 Å². The van der Waals surface area contributed by atoms with E-state index >= 15 is 0 Å². The van der Waals surface area contributed by atoms with Crippen LogP contribution in [0.5, 0.6) is 0 Å². The Morgan fingerprint density at radius 1 is 1.47 bits per heavy atom. The fourth-order valence-corrected chi connectivity index (χ4v) is 2.02. The molecule has 3 heteroatoms. The molecule has 0 spiro atoms. The highest BCUT2D eigenvalue weighted by molar-refractivity contribution is 5.74. The molecule has 0 saturated carbocycles. The van der Waals surface area contributed by atoms with Crippen molar-refractivity contribution < 1.29 is 4.79 Å². The second-order valence-corrected chi connectivity index (χ2v) is 4.37. The van der Waals surface area contributed by atoms with Crippen LogP contribution in [0, 0.1) is 0 Å². The molecule has 2 heterocycles. The fourth-order valence-electron chi connectivity index (χ4n) is 2.02. The normalized spacial score (nSPS) is 22.1. The van der Waals surface area contributed by atoms with Crippen LogP contribution >= 0.6 is 0 Å². The number of carbonyl (C=O) groups is 1. The van der Waals surface area contributed by atoms with Crippen molar-refractivity contribution in [1.82, 2.24) is 9.80 Å². The summed E-state index contributed by atoms with van der Waals surface area (Å²) < 4.78 is 0. The lowest BCUT2D eigenvalue weighted by molar-refractivity contribution is -0.135. The van der Waals surface area contributed by atoms with Gasteiger partial charge in [0.25, 0.3) is 0 Å². The van der Waals surface area contributed by atoms with Gasteiger partial charge in [-0.25, -0.2) is 0 Å². The lowest BCUT2D eigenvalue weighted by atomic mass is 10.1. The van der Waals surface area contributed by atoms with Gasteiger partial charge >= 0.3 is 0 Å². The zero-order valence-electron chi connectivity index (χ0n) is 9.44. The maximum Gasteiger partial charge on any atom is 0.219 e. The summed E-state index contributed by atoms with van der Waals surface area (Å²) in [5, 5.41) is 0. The number of amides is 1. The van der Waals surface area contributed by atoms with E-state index in [1.807, 2.05) is 4.90 Å². The summed E-state index contributed by atoms with van der Waals surface area (Å²) in [6, 6.07) is 0.532. The number of hydrogen-bond donors (Lipinski definition) is 0. The molecule has 0 aromatic carbocycles. The molecule has 2 aliphatic heterocycles. The molecule has 0 unspecified atom stereocenters. The smallest absolute Gasteiger partial charge is 0.219 e. The zero-order chi connectivity index (χ0) is 10.8. The minimum Gasteiger partial charge on any atom is -0.371 e. The van der Waals surface area contributed by atoms with Gasteiger partial charge < -0.3 is 9.80 Å². The molecule has 0 aromatic rings. The Morgan fingerprint density at radius 2 is 2.20 bits per heavy atom. The molecule has 3 nitrogen and oxygen atoms in total. The van der Waals surface area contributed by atoms with Gasteiger partial charge in [-0.15, -0.1) is 0 Å². The first-order valence-corrected chi connectivity index (χ1v) is 5.53. The monoisotopic (exact) mass is 206 g/mol. The number of likely N-dealkylation sites (tertiary alicyclic amines) is 1. The van der Waals surface area contributed by atoms with Crippen molar-refractivity contribution >= 4 is 5.91 Å². The highest BCUT2D eigenvalue weighted by Gasteiger charge is 2.31. The van der Waals surface area contributed by atoms with Gasteiger partial charge in [0.2, 0.25) is 5.91 Å². The van der Waals surface area contributed by atoms with Crippen molar-refractivity contribution in [3.63, 3.8) is 0 Å². The standard InChI is InChI=1S/C12H18N2O/c1-10-4-3-6-13(7-5-10)12-8-14(9-12)11(2)15/h4-5,7,12H,3,6,8-9H2,1-2H3. The average Bonchev–Trinajstić information content (AvgIpc) is 2.28. The maximum atomic E-state index is 11.1. The first-order valence-electron chi connectivity index (χ1n) is 5.53. The van der Waals surface area contributed by atoms with Crippen LogP contribution < -0.4 is 0 Å². The molecular weight excluding hydrogens is 188 g/mol. The largest absolute Gasteiger partial charge is 0.371 e. The molecule has 0 atom stereocenters. The summed E-state index contributed by atoms with van der Waals surface area (Å²) in [7, 11) is 0. The Bertz CT molecular complexity index is 314. The molecular formula is C12H18N2O. The van der Waals surface area contributed by atoms with Crippen LogP contribution in [0.25, 0.3) is 0 Å². The predicted molar refractivity (Wildman–Crippen MR) is 60.3 cm³/mol. The molecule has 0 aromatic heterocycles. The number of carbonyl (C=O) groups excluding carboxylic acids is 1. The van der Waals surface area contributed by atoms with Crippen LogP contribution in [-0.2, 0) is 4.79 Å². The van der Waals surface area contributed by atoms with Gasteiger partial charge in [-0.2, -0.15) is 0 Å². The Morgan fingerprint density at radius 3 is 2.87 bits per heavy atom. The van der Waals surface area contributed by atoms with Gasteiger partial charge in [0.05, 0.1) is 6.04 Å². The maximum absolute atomic E-state index is 11.1. The molecule has 0 aliphatic carbocycles. The SMILES string of the molecule is CC(=O)N1CC(N2C=CC(C)=CCC2)C1. The van der Waals surface area contributed by atoms with Crippen LogP contribution in [0.1, 0.15) is 20.3 Å². The molecule has 82 valence electrons. The van der Waals surface area contributed by atoms with Gasteiger partial charge in [-0.3, -0.25) is 4.79 Å². The fraction of sp³-hybridized carbons (Fsp3) is 0.583. The minimum absolute atomic E-state index is 0.194. The van der Waals surface area contributed by atoms with Crippen molar-refractivity contribution in [1.29, 1.82) is 0 Å². The summed E-state index contributed by atoms with van der Waals surface area (Å²) in [5.74, 6) is 0.194. The first kappa shape index (κ1) is 10.3. The summed E-state index contributed by atoms with van der Waals surface area (Å²) >= 11 is 0. The molecule has 2 aliphatic rings. The third-order valence-corrected chi connectivity index (χ3v) is 3.16. The minimum atomic E-state index is 0.194. The van der Waals surface area contributed by atoms with Gasteiger partial charge in [0.15, 0.2) is 0 Å². The van der Waals surface area contributed by atoms with Crippen molar-refractivity contribution in [2.45, 2.75) is 26.3 Å². The predicted octanol–water partition coefficient (Wildman–Crippen LogP) is 1.38. The molecule has 0 bridgehead atoms. The Hall–Kier alpha value is -1.25. The lowest BCUT2D eigenvalue weighted by Crippen LogP contribution is -2.59. The first-order chi connectivity index (χ1) is 7.16. The van der Waals surface area contributed by atoms with Crippen LogP contribution in [0.4, 0.5) is 0 Å². The van der Waals surface area contributed by atoms with Crippen LogP contribution in [-0.4, -0.2) is 41.4 Å². The molecule has 1 saturated heterocycles. The zero-order valence-corrected chi connectivity index (χ0v) is 9.44. The van der Waals surface area contributed by atoms with E-state index < -0.39 is 0 Å². The average molecular weight is 206 g/mol. The molecule has 1 amide bonds. The summed E-state index contributed by atoms with van der Waals surface area (Å²) in [5.41, 5.74) is 1.33. The third-order valence-electron chi connectivity index (χ3n) is 3.16. The van der Waals surface area contributed by atoms with Crippen LogP contribution in [0.3, 0.4) is 0 Å². The Balaban J connectivity index is 1.87.